The van der Waals surface area contributed by atoms with Crippen LogP contribution in [0.3, 0.4) is 0 Å². The second kappa shape index (κ2) is 9.58. The van der Waals surface area contributed by atoms with Gasteiger partial charge in [0.05, 0.1) is 36.4 Å². The lowest BCUT2D eigenvalue weighted by Gasteiger charge is -2.26. The molecule has 36 heavy (non-hydrogen) atoms. The Morgan fingerprint density at radius 3 is 2.28 bits per heavy atom. The summed E-state index contributed by atoms with van der Waals surface area (Å²) in [6.45, 7) is 0. The highest BCUT2D eigenvalue weighted by Crippen LogP contribution is 2.44. The molecule has 0 radical (unpaired) electrons. The molecule has 1 heterocycles. The first-order valence-electron chi connectivity index (χ1n) is 10.5. The molecule has 6 nitrogen and oxygen atoms in total. The smallest absolute Gasteiger partial charge is 0.416 e. The molecule has 3 aromatic rings. The third-order valence-electron chi connectivity index (χ3n) is 5.75. The Bertz CT molecular complexity index is 1370. The zero-order valence-corrected chi connectivity index (χ0v) is 19.7. The van der Waals surface area contributed by atoms with Crippen LogP contribution in [0.5, 0.6) is 11.5 Å². The maximum atomic E-state index is 13.4. The third kappa shape index (κ3) is 4.49. The minimum absolute atomic E-state index is 0.136. The van der Waals surface area contributed by atoms with Gasteiger partial charge in [0.15, 0.2) is 0 Å². The Morgan fingerprint density at radius 1 is 0.972 bits per heavy atom. The maximum absolute atomic E-state index is 13.4. The summed E-state index contributed by atoms with van der Waals surface area (Å²) in [6.07, 6.45) is -4.67. The number of hydrogen-bond donors (Lipinski definition) is 1. The van der Waals surface area contributed by atoms with Gasteiger partial charge in [-0.3, -0.25) is 14.5 Å². The molecule has 3 aromatic carbocycles. The van der Waals surface area contributed by atoms with E-state index in [0.717, 1.165) is 23.1 Å². The molecule has 1 N–H and O–H groups in total. The van der Waals surface area contributed by atoms with Crippen LogP contribution >= 0.6 is 11.6 Å². The van der Waals surface area contributed by atoms with E-state index in [1.165, 1.54) is 38.5 Å². The van der Waals surface area contributed by atoms with Gasteiger partial charge in [-0.1, -0.05) is 29.8 Å². The number of aliphatic hydroxyl groups is 1. The number of anilines is 1. The molecule has 0 saturated carbocycles. The van der Waals surface area contributed by atoms with Crippen molar-refractivity contribution in [2.45, 2.75) is 12.2 Å². The van der Waals surface area contributed by atoms with Crippen molar-refractivity contribution in [2.24, 2.45) is 0 Å². The van der Waals surface area contributed by atoms with Crippen LogP contribution in [0.1, 0.15) is 22.7 Å². The second-order valence-electron chi connectivity index (χ2n) is 7.84. The van der Waals surface area contributed by atoms with E-state index >= 15 is 0 Å². The van der Waals surface area contributed by atoms with Gasteiger partial charge in [0.25, 0.3) is 11.7 Å². The third-order valence-corrected chi connectivity index (χ3v) is 6.06. The van der Waals surface area contributed by atoms with Crippen molar-refractivity contribution < 1.29 is 37.3 Å². The van der Waals surface area contributed by atoms with Gasteiger partial charge in [-0.05, 0) is 54.1 Å². The maximum Gasteiger partial charge on any atom is 0.416 e. The van der Waals surface area contributed by atoms with Gasteiger partial charge in [0.2, 0.25) is 0 Å². The quantitative estimate of drug-likeness (QED) is 0.255. The van der Waals surface area contributed by atoms with E-state index in [0.29, 0.717) is 11.3 Å². The van der Waals surface area contributed by atoms with Crippen LogP contribution in [-0.4, -0.2) is 31.0 Å². The Kier molecular flexibility index (Phi) is 6.69. The van der Waals surface area contributed by atoms with Gasteiger partial charge in [-0.15, -0.1) is 0 Å². The number of ether oxygens (including phenoxy) is 2. The zero-order chi connectivity index (χ0) is 26.2. The molecule has 10 heteroatoms. The summed E-state index contributed by atoms with van der Waals surface area (Å²) in [5, 5.41) is 11.4. The molecule has 0 aliphatic carbocycles. The van der Waals surface area contributed by atoms with Crippen molar-refractivity contribution in [3.05, 3.63) is 94.0 Å². The standard InChI is InChI=1S/C26H19ClF3NO5/c1-35-18-9-6-14(7-10-18)22-21(23(32)15-8-11-19(27)20(12-15)36-2)24(33)25(34)31(22)17-5-3-4-16(13-17)26(28,29)30/h3-13,22,32H,1-2H3/b23-21+. The van der Waals surface area contributed by atoms with Crippen molar-refractivity contribution >= 4 is 34.7 Å². The lowest BCUT2D eigenvalue weighted by Crippen LogP contribution is -2.29. The molecule has 186 valence electrons. The van der Waals surface area contributed by atoms with E-state index in [1.807, 2.05) is 0 Å². The van der Waals surface area contributed by atoms with Gasteiger partial charge in [0.1, 0.15) is 17.3 Å². The number of Topliss-reactive ketones (excluding diaryl/α,β-unsaturated/α-hetero) is 1. The van der Waals surface area contributed by atoms with Crippen LogP contribution in [0, 0.1) is 0 Å². The van der Waals surface area contributed by atoms with Crippen molar-refractivity contribution in [1.82, 2.24) is 0 Å². The number of rotatable bonds is 5. The first kappa shape index (κ1) is 25.1. The first-order chi connectivity index (χ1) is 17.1. The summed E-state index contributed by atoms with van der Waals surface area (Å²) in [5.74, 6) is -1.97. The number of nitrogens with zero attached hydrogens (tertiary/aromatic N) is 1. The highest BCUT2D eigenvalue weighted by Gasteiger charge is 2.47. The van der Waals surface area contributed by atoms with E-state index in [1.54, 1.807) is 24.3 Å². The molecule has 1 saturated heterocycles. The largest absolute Gasteiger partial charge is 0.507 e. The SMILES string of the molecule is COc1ccc(C2/C(=C(\O)c3ccc(Cl)c(OC)c3)C(=O)C(=O)N2c2cccc(C(F)(F)F)c2)cc1. The molecular weight excluding hydrogens is 499 g/mol. The van der Waals surface area contributed by atoms with E-state index < -0.39 is 35.2 Å². The summed E-state index contributed by atoms with van der Waals surface area (Å²) in [7, 11) is 2.83. The van der Waals surface area contributed by atoms with Gasteiger partial charge >= 0.3 is 6.18 Å². The monoisotopic (exact) mass is 517 g/mol. The molecule has 1 unspecified atom stereocenters. The van der Waals surface area contributed by atoms with E-state index in [-0.39, 0.29) is 27.6 Å². The van der Waals surface area contributed by atoms with Crippen LogP contribution < -0.4 is 14.4 Å². The van der Waals surface area contributed by atoms with Crippen LogP contribution in [0.15, 0.2) is 72.3 Å². The second-order valence-corrected chi connectivity index (χ2v) is 8.25. The van der Waals surface area contributed by atoms with Crippen molar-refractivity contribution in [1.29, 1.82) is 0 Å². The van der Waals surface area contributed by atoms with Crippen LogP contribution in [0.2, 0.25) is 5.02 Å². The predicted octanol–water partition coefficient (Wildman–Crippen LogP) is 6.00. The average Bonchev–Trinajstić information content (AvgIpc) is 3.13. The van der Waals surface area contributed by atoms with Gasteiger partial charge in [-0.25, -0.2) is 0 Å². The van der Waals surface area contributed by atoms with Gasteiger partial charge in [0, 0.05) is 11.3 Å². The number of amides is 1. The molecule has 0 bridgehead atoms. The fourth-order valence-corrected chi connectivity index (χ4v) is 4.19. The molecule has 0 spiro atoms. The van der Waals surface area contributed by atoms with Crippen LogP contribution in [0.25, 0.3) is 5.76 Å². The number of alkyl halides is 3. The molecule has 1 aliphatic rings. The minimum Gasteiger partial charge on any atom is -0.507 e. The lowest BCUT2D eigenvalue weighted by atomic mass is 9.95. The fraction of sp³-hybridized carbons (Fsp3) is 0.154. The molecule has 0 aromatic heterocycles. The number of hydrogen-bond acceptors (Lipinski definition) is 5. The number of ketones is 1. The summed E-state index contributed by atoms with van der Waals surface area (Å²) < 4.78 is 50.5. The molecular formula is C26H19ClF3NO5. The number of halogens is 4. The van der Waals surface area contributed by atoms with Crippen molar-refractivity contribution in [3.8, 4) is 11.5 Å². The van der Waals surface area contributed by atoms with E-state index in [9.17, 15) is 27.9 Å². The number of benzene rings is 3. The summed E-state index contributed by atoms with van der Waals surface area (Å²) in [6, 6.07) is 13.4. The molecule has 4 rings (SSSR count). The summed E-state index contributed by atoms with van der Waals surface area (Å²) in [4.78, 5) is 27.3. The number of aliphatic hydroxyl groups excluding tert-OH is 1. The topological polar surface area (TPSA) is 76.1 Å². The Balaban J connectivity index is 1.95. The highest BCUT2D eigenvalue weighted by molar-refractivity contribution is 6.51. The van der Waals surface area contributed by atoms with Crippen LogP contribution in [-0.2, 0) is 15.8 Å². The lowest BCUT2D eigenvalue weighted by molar-refractivity contribution is -0.137. The number of carbonyl (C=O) groups excluding carboxylic acids is 2. The zero-order valence-electron chi connectivity index (χ0n) is 19.0. The Morgan fingerprint density at radius 2 is 1.67 bits per heavy atom. The highest BCUT2D eigenvalue weighted by atomic mass is 35.5. The average molecular weight is 518 g/mol. The summed E-state index contributed by atoms with van der Waals surface area (Å²) >= 11 is 6.06. The van der Waals surface area contributed by atoms with E-state index in [2.05, 4.69) is 0 Å². The molecule has 1 amide bonds. The Hall–Kier alpha value is -3.98. The molecule has 1 aliphatic heterocycles. The van der Waals surface area contributed by atoms with Crippen molar-refractivity contribution in [3.63, 3.8) is 0 Å². The minimum atomic E-state index is -4.67. The predicted molar refractivity (Wildman–Crippen MR) is 127 cm³/mol. The first-order valence-corrected chi connectivity index (χ1v) is 10.9. The van der Waals surface area contributed by atoms with E-state index in [4.69, 9.17) is 21.1 Å². The summed E-state index contributed by atoms with van der Waals surface area (Å²) in [5.41, 5.74) is -0.933. The molecule has 1 atom stereocenters. The number of methoxy groups -OCH3 is 2. The van der Waals surface area contributed by atoms with Gasteiger partial charge in [-0.2, -0.15) is 13.2 Å². The van der Waals surface area contributed by atoms with Crippen molar-refractivity contribution in [2.75, 3.05) is 19.1 Å². The normalized spacial score (nSPS) is 17.4. The van der Waals surface area contributed by atoms with Crippen LogP contribution in [0.4, 0.5) is 18.9 Å². The van der Waals surface area contributed by atoms with Gasteiger partial charge < -0.3 is 14.6 Å². The molecule has 1 fully saturated rings. The number of carbonyl (C=O) groups is 2. The Labute approximate surface area is 209 Å². The fourth-order valence-electron chi connectivity index (χ4n) is 4.00.